The molecule has 0 radical (unpaired) electrons. The summed E-state index contributed by atoms with van der Waals surface area (Å²) in [6.45, 7) is 5.41. The Morgan fingerprint density at radius 3 is 1.48 bits per heavy atom. The molecule has 0 aliphatic heterocycles. The highest BCUT2D eigenvalue weighted by molar-refractivity contribution is 7.80. The summed E-state index contributed by atoms with van der Waals surface area (Å²) in [5, 5.41) is 19.3. The van der Waals surface area contributed by atoms with Gasteiger partial charge in [-0.1, -0.05) is 64.7 Å². The summed E-state index contributed by atoms with van der Waals surface area (Å²) in [5.41, 5.74) is 0. The third kappa shape index (κ3) is 35.6. The van der Waals surface area contributed by atoms with Gasteiger partial charge in [-0.15, -0.1) is 0 Å². The van der Waals surface area contributed by atoms with Crippen LogP contribution in [0.15, 0.2) is 0 Å². The summed E-state index contributed by atoms with van der Waals surface area (Å²) in [5.74, 6) is 0. The fraction of sp³-hybridized carbons (Fsp3) is 1.00. The Balaban J connectivity index is -0.000000513. The summed E-state index contributed by atoms with van der Waals surface area (Å²) in [6, 6.07) is 0. The first kappa shape index (κ1) is 29.5. The zero-order valence-corrected chi connectivity index (χ0v) is 16.9. The summed E-state index contributed by atoms with van der Waals surface area (Å²) >= 11 is 0. The summed E-state index contributed by atoms with van der Waals surface area (Å²) in [7, 11) is -4.23. The molecule has 0 saturated carbocycles. The Morgan fingerprint density at radius 2 is 1.20 bits per heavy atom. The lowest BCUT2D eigenvalue weighted by Crippen LogP contribution is -2.33. The fourth-order valence-electron chi connectivity index (χ4n) is 2.10. The molecule has 0 aromatic carbocycles. The SMILES string of the molecule is CC(O)NC(C)O.CCCCCCCCCCCCOS(=O)(=O)O.N. The number of aliphatic hydroxyl groups excluding tert-OH is 2. The van der Waals surface area contributed by atoms with Gasteiger partial charge >= 0.3 is 10.4 Å². The molecule has 2 atom stereocenters. The van der Waals surface area contributed by atoms with Crippen molar-refractivity contribution in [3.05, 3.63) is 0 Å². The zero-order valence-electron chi connectivity index (χ0n) is 16.1. The van der Waals surface area contributed by atoms with Gasteiger partial charge in [-0.3, -0.25) is 9.87 Å². The highest BCUT2D eigenvalue weighted by atomic mass is 32.3. The molecule has 0 aromatic heterocycles. The Morgan fingerprint density at radius 1 is 0.840 bits per heavy atom. The predicted octanol–water partition coefficient (Wildman–Crippen LogP) is 3.14. The van der Waals surface area contributed by atoms with Gasteiger partial charge in [0.25, 0.3) is 0 Å². The van der Waals surface area contributed by atoms with Gasteiger partial charge in [0.15, 0.2) is 0 Å². The average molecular weight is 389 g/mol. The van der Waals surface area contributed by atoms with Crippen molar-refractivity contribution in [1.29, 1.82) is 0 Å². The second-order valence-electron chi connectivity index (χ2n) is 5.95. The Kier molecular flexibility index (Phi) is 23.6. The molecule has 156 valence electrons. The van der Waals surface area contributed by atoms with Gasteiger partial charge in [0.1, 0.15) is 12.5 Å². The molecule has 9 heteroatoms. The van der Waals surface area contributed by atoms with Crippen LogP contribution < -0.4 is 11.5 Å². The topological polar surface area (TPSA) is 151 Å². The standard InChI is InChI=1S/C12H26O4S.C4H11NO2.H3N/c1-2-3-4-5-6-7-8-9-10-11-12-16-17(13,14)15;1-3(6)5-4(2)7;/h2-12H2,1H3,(H,13,14,15);3-7H,1-2H3;1H3. The van der Waals surface area contributed by atoms with Gasteiger partial charge in [0, 0.05) is 0 Å². The minimum absolute atomic E-state index is 0. The highest BCUT2D eigenvalue weighted by Crippen LogP contribution is 2.10. The average Bonchev–Trinajstić information content (AvgIpc) is 2.43. The van der Waals surface area contributed by atoms with Gasteiger partial charge in [0.2, 0.25) is 0 Å². The van der Waals surface area contributed by atoms with Crippen molar-refractivity contribution in [2.75, 3.05) is 6.61 Å². The molecule has 0 rings (SSSR count). The molecular weight excluding hydrogens is 348 g/mol. The van der Waals surface area contributed by atoms with Crippen LogP contribution in [0, 0.1) is 0 Å². The first-order valence-corrected chi connectivity index (χ1v) is 10.3. The Labute approximate surface area is 153 Å². The molecule has 0 bridgehead atoms. The highest BCUT2D eigenvalue weighted by Gasteiger charge is 2.02. The van der Waals surface area contributed by atoms with Crippen LogP contribution in [0.25, 0.3) is 0 Å². The van der Waals surface area contributed by atoms with E-state index >= 15 is 0 Å². The molecule has 2 unspecified atom stereocenters. The normalized spacial score (nSPS) is 13.4. The van der Waals surface area contributed by atoms with Gasteiger partial charge in [0.05, 0.1) is 6.61 Å². The van der Waals surface area contributed by atoms with Crippen LogP contribution in [0.1, 0.15) is 85.0 Å². The van der Waals surface area contributed by atoms with Crippen molar-refractivity contribution < 1.29 is 27.4 Å². The van der Waals surface area contributed by atoms with E-state index in [0.717, 1.165) is 12.8 Å². The van der Waals surface area contributed by atoms with Crippen molar-refractivity contribution in [3.8, 4) is 0 Å². The quantitative estimate of drug-likeness (QED) is 0.173. The summed E-state index contributed by atoms with van der Waals surface area (Å²) in [4.78, 5) is 0. The van der Waals surface area contributed by atoms with Crippen LogP contribution in [0.3, 0.4) is 0 Å². The molecular formula is C16H40N2O6S. The van der Waals surface area contributed by atoms with Gasteiger partial charge in [-0.05, 0) is 20.3 Å². The molecule has 0 amide bonds. The maximum Gasteiger partial charge on any atom is 0.397 e. The second kappa shape index (κ2) is 20.0. The number of nitrogens with one attached hydrogen (secondary N) is 1. The van der Waals surface area contributed by atoms with E-state index in [1.54, 1.807) is 13.8 Å². The molecule has 0 heterocycles. The lowest BCUT2D eigenvalue weighted by Gasteiger charge is -2.08. The van der Waals surface area contributed by atoms with Crippen molar-refractivity contribution in [1.82, 2.24) is 11.5 Å². The smallest absolute Gasteiger partial charge is 0.379 e. The van der Waals surface area contributed by atoms with Crippen LogP contribution in [-0.2, 0) is 14.6 Å². The number of unbranched alkanes of at least 4 members (excludes halogenated alkanes) is 9. The van der Waals surface area contributed by atoms with E-state index in [2.05, 4.69) is 16.4 Å². The molecule has 0 aliphatic carbocycles. The van der Waals surface area contributed by atoms with E-state index in [-0.39, 0.29) is 12.8 Å². The number of hydrogen-bond donors (Lipinski definition) is 5. The first-order valence-electron chi connectivity index (χ1n) is 8.93. The van der Waals surface area contributed by atoms with Crippen molar-refractivity contribution in [2.45, 2.75) is 97.4 Å². The molecule has 0 saturated heterocycles. The van der Waals surface area contributed by atoms with E-state index < -0.39 is 22.9 Å². The maximum absolute atomic E-state index is 10.2. The molecule has 0 aromatic rings. The zero-order chi connectivity index (χ0) is 18.8. The van der Waals surface area contributed by atoms with Crippen LogP contribution in [0.5, 0.6) is 0 Å². The van der Waals surface area contributed by atoms with Crippen LogP contribution >= 0.6 is 0 Å². The summed E-state index contributed by atoms with van der Waals surface area (Å²) in [6.07, 6.45) is 10.6. The van der Waals surface area contributed by atoms with E-state index in [0.29, 0.717) is 6.42 Å². The minimum atomic E-state index is -4.23. The van der Waals surface area contributed by atoms with Crippen molar-refractivity contribution in [2.24, 2.45) is 0 Å². The van der Waals surface area contributed by atoms with E-state index in [4.69, 9.17) is 14.8 Å². The van der Waals surface area contributed by atoms with Crippen molar-refractivity contribution >= 4 is 10.4 Å². The van der Waals surface area contributed by atoms with E-state index in [1.807, 2.05) is 0 Å². The lowest BCUT2D eigenvalue weighted by atomic mass is 10.1. The monoisotopic (exact) mass is 388 g/mol. The van der Waals surface area contributed by atoms with Gasteiger partial charge in [-0.25, -0.2) is 4.18 Å². The third-order valence-electron chi connectivity index (χ3n) is 3.21. The van der Waals surface area contributed by atoms with Crippen LogP contribution in [-0.4, -0.2) is 42.2 Å². The van der Waals surface area contributed by atoms with E-state index in [1.165, 1.54) is 44.9 Å². The van der Waals surface area contributed by atoms with Crippen molar-refractivity contribution in [3.63, 3.8) is 0 Å². The van der Waals surface area contributed by atoms with Gasteiger partial charge in [-0.2, -0.15) is 8.42 Å². The fourth-order valence-corrected chi connectivity index (χ4v) is 2.43. The second-order valence-corrected chi connectivity index (χ2v) is 7.04. The largest absolute Gasteiger partial charge is 0.397 e. The molecule has 7 N–H and O–H groups in total. The molecule has 0 spiro atoms. The molecule has 0 aliphatic rings. The first-order chi connectivity index (χ1) is 11.2. The lowest BCUT2D eigenvalue weighted by molar-refractivity contribution is 0.0632. The van der Waals surface area contributed by atoms with Gasteiger partial charge < -0.3 is 16.4 Å². The number of rotatable bonds is 14. The van der Waals surface area contributed by atoms with Crippen LogP contribution in [0.4, 0.5) is 0 Å². The predicted molar refractivity (Wildman–Crippen MR) is 101 cm³/mol. The number of hydrogen-bond acceptors (Lipinski definition) is 7. The third-order valence-corrected chi connectivity index (χ3v) is 3.68. The Hall–Kier alpha value is -0.290. The molecule has 0 fully saturated rings. The van der Waals surface area contributed by atoms with E-state index in [9.17, 15) is 8.42 Å². The Bertz CT molecular complexity index is 345. The summed E-state index contributed by atoms with van der Waals surface area (Å²) < 4.78 is 33.0. The number of aliphatic hydroxyl groups is 2. The molecule has 8 nitrogen and oxygen atoms in total. The maximum atomic E-state index is 10.2. The molecule has 25 heavy (non-hydrogen) atoms. The van der Waals surface area contributed by atoms with Crippen LogP contribution in [0.2, 0.25) is 0 Å². The minimum Gasteiger partial charge on any atom is -0.379 e.